The Balaban J connectivity index is 1.30. The molecule has 3 N–H and O–H groups in total. The Morgan fingerprint density at radius 2 is 1.30 bits per heavy atom. The summed E-state index contributed by atoms with van der Waals surface area (Å²) in [5.41, 5.74) is -1.18. The predicted octanol–water partition coefficient (Wildman–Crippen LogP) is 1.93. The third-order valence-electron chi connectivity index (χ3n) is 9.13. The molecule has 3 heterocycles. The van der Waals surface area contributed by atoms with E-state index in [9.17, 15) is 44.1 Å². The molecular formula is C33H26O13. The summed E-state index contributed by atoms with van der Waals surface area (Å²) >= 11 is 0. The number of ketones is 4. The summed E-state index contributed by atoms with van der Waals surface area (Å²) in [5.74, 6) is -5.27. The first-order chi connectivity index (χ1) is 21.8. The molecule has 0 radical (unpaired) electrons. The Kier molecular flexibility index (Phi) is 6.64. The molecule has 3 aliphatic heterocycles. The molecule has 0 unspecified atom stereocenters. The van der Waals surface area contributed by atoms with Crippen LogP contribution < -0.4 is 0 Å². The molecule has 5 aliphatic rings. The van der Waals surface area contributed by atoms with E-state index in [0.29, 0.717) is 0 Å². The smallest absolute Gasteiger partial charge is 0.309 e. The molecular weight excluding hydrogens is 604 g/mol. The highest BCUT2D eigenvalue weighted by Gasteiger charge is 2.52. The van der Waals surface area contributed by atoms with Gasteiger partial charge in [-0.05, 0) is 49.2 Å². The molecule has 7 rings (SSSR count). The molecule has 2 aliphatic carbocycles. The van der Waals surface area contributed by atoms with Crippen molar-refractivity contribution in [3.63, 3.8) is 0 Å². The Hall–Kier alpha value is -4.98. The second-order valence-electron chi connectivity index (χ2n) is 11.8. The van der Waals surface area contributed by atoms with Crippen LogP contribution in [0.4, 0.5) is 0 Å². The van der Waals surface area contributed by atoms with E-state index in [2.05, 4.69) is 4.74 Å². The van der Waals surface area contributed by atoms with Gasteiger partial charge in [-0.3, -0.25) is 28.8 Å². The third kappa shape index (κ3) is 4.12. The van der Waals surface area contributed by atoms with Crippen molar-refractivity contribution in [3.8, 4) is 22.6 Å². The zero-order valence-corrected chi connectivity index (χ0v) is 24.6. The van der Waals surface area contributed by atoms with E-state index in [1.807, 2.05) is 0 Å². The van der Waals surface area contributed by atoms with Gasteiger partial charge in [0.25, 0.3) is 0 Å². The first-order valence-electron chi connectivity index (χ1n) is 14.5. The Morgan fingerprint density at radius 1 is 0.783 bits per heavy atom. The number of aromatic hydroxyl groups is 2. The van der Waals surface area contributed by atoms with E-state index >= 15 is 0 Å². The molecule has 0 aromatic heterocycles. The van der Waals surface area contributed by atoms with Crippen LogP contribution in [0.1, 0.15) is 68.1 Å². The van der Waals surface area contributed by atoms with E-state index in [0.717, 1.165) is 13.2 Å². The summed E-state index contributed by atoms with van der Waals surface area (Å²) in [5, 5.41) is 33.1. The number of aliphatic hydroxyl groups excluding tert-OH is 1. The van der Waals surface area contributed by atoms with Crippen LogP contribution in [0.25, 0.3) is 11.1 Å². The summed E-state index contributed by atoms with van der Waals surface area (Å²) in [7, 11) is 1.16. The average molecular weight is 631 g/mol. The number of carbonyl (C=O) groups is 6. The molecule has 0 amide bonds. The van der Waals surface area contributed by atoms with Gasteiger partial charge in [0.15, 0.2) is 29.2 Å². The average Bonchev–Trinajstić information content (AvgIpc) is 3.38. The normalized spacial score (nSPS) is 28.3. The van der Waals surface area contributed by atoms with Crippen molar-refractivity contribution < 1.29 is 63.0 Å². The SMILES string of the molecule is COC(=O)C[C@@H]1O[C@@H](C)C2=C(C(=O)c3c(O)cc(-c4cc(O)c5c(c4)C(=O)C4=C(C5=O)[C@@H]5OC(=O)C[C@@H]5O[C@H]4C)cc3C2=O)[C@@H]1O. The van der Waals surface area contributed by atoms with Gasteiger partial charge >= 0.3 is 11.9 Å². The van der Waals surface area contributed by atoms with Gasteiger partial charge in [0.1, 0.15) is 23.7 Å². The van der Waals surface area contributed by atoms with Crippen molar-refractivity contribution in [2.75, 3.05) is 7.11 Å². The lowest BCUT2D eigenvalue weighted by Crippen LogP contribution is -2.47. The van der Waals surface area contributed by atoms with Crippen molar-refractivity contribution >= 4 is 35.1 Å². The number of phenols is 2. The van der Waals surface area contributed by atoms with Crippen LogP contribution in [-0.4, -0.2) is 94.1 Å². The van der Waals surface area contributed by atoms with Gasteiger partial charge in [-0.25, -0.2) is 0 Å². The van der Waals surface area contributed by atoms with Crippen molar-refractivity contribution in [1.82, 2.24) is 0 Å². The summed E-state index contributed by atoms with van der Waals surface area (Å²) in [6, 6.07) is 4.97. The lowest BCUT2D eigenvalue weighted by atomic mass is 9.75. The number of carbonyl (C=O) groups excluding carboxylic acids is 6. The van der Waals surface area contributed by atoms with E-state index in [1.54, 1.807) is 6.92 Å². The maximum atomic E-state index is 13.8. The van der Waals surface area contributed by atoms with Gasteiger partial charge < -0.3 is 34.3 Å². The fraction of sp³-hybridized carbons (Fsp3) is 0.333. The van der Waals surface area contributed by atoms with Crippen LogP contribution >= 0.6 is 0 Å². The third-order valence-corrected chi connectivity index (χ3v) is 9.13. The number of hydrogen-bond donors (Lipinski definition) is 3. The molecule has 2 aromatic rings. The Bertz CT molecular complexity index is 1910. The van der Waals surface area contributed by atoms with Gasteiger partial charge in [0.2, 0.25) is 0 Å². The van der Waals surface area contributed by atoms with Gasteiger partial charge in [-0.1, -0.05) is 0 Å². The van der Waals surface area contributed by atoms with Gasteiger partial charge in [0, 0.05) is 27.8 Å². The number of ether oxygens (including phenoxy) is 4. The number of fused-ring (bicyclic) bond motifs is 4. The molecule has 13 heteroatoms. The highest BCUT2D eigenvalue weighted by Crippen LogP contribution is 2.46. The molecule has 0 saturated carbocycles. The summed E-state index contributed by atoms with van der Waals surface area (Å²) in [4.78, 5) is 78.7. The van der Waals surface area contributed by atoms with Crippen molar-refractivity contribution in [3.05, 3.63) is 68.8 Å². The van der Waals surface area contributed by atoms with E-state index in [4.69, 9.17) is 14.2 Å². The molecule has 13 nitrogen and oxygen atoms in total. The van der Waals surface area contributed by atoms with E-state index in [-0.39, 0.29) is 68.5 Å². The first-order valence-corrected chi connectivity index (χ1v) is 14.5. The number of benzene rings is 2. The van der Waals surface area contributed by atoms with Crippen molar-refractivity contribution in [2.24, 2.45) is 0 Å². The van der Waals surface area contributed by atoms with Gasteiger partial charge in [0.05, 0.1) is 55.0 Å². The molecule has 0 spiro atoms. The number of esters is 2. The number of phenolic OH excluding ortho intramolecular Hbond substituents is 2. The first kappa shape index (κ1) is 29.7. The van der Waals surface area contributed by atoms with Crippen LogP contribution in [0.5, 0.6) is 11.5 Å². The lowest BCUT2D eigenvalue weighted by molar-refractivity contribution is -0.148. The molecule has 1 saturated heterocycles. The summed E-state index contributed by atoms with van der Waals surface area (Å²) in [6.45, 7) is 3.06. The minimum atomic E-state index is -1.65. The molecule has 0 bridgehead atoms. The summed E-state index contributed by atoms with van der Waals surface area (Å²) < 4.78 is 21.5. The monoisotopic (exact) mass is 630 g/mol. The zero-order valence-electron chi connectivity index (χ0n) is 24.6. The van der Waals surface area contributed by atoms with E-state index < -0.39 is 83.2 Å². The minimum Gasteiger partial charge on any atom is -0.507 e. The predicted molar refractivity (Wildman–Crippen MR) is 152 cm³/mol. The summed E-state index contributed by atoms with van der Waals surface area (Å²) in [6.07, 6.45) is -6.94. The second kappa shape index (κ2) is 10.3. The van der Waals surface area contributed by atoms with E-state index in [1.165, 1.54) is 25.1 Å². The molecule has 6 atom stereocenters. The molecule has 1 fully saturated rings. The number of aliphatic hydroxyl groups is 1. The standard InChI is InChI=1S/C33H26O13/c1-10-22-26(30(40)18(44-10)8-20(36)43-3)31(41)24-14(28(22)38)4-12(6-16(24)34)13-5-15-25(17(35)7-13)32(42)27-23(29(15)39)11(2)45-19-9-21(37)46-33(19)27/h4-7,10-11,18-19,30,33-35,40H,8-9H2,1-3H3/t10-,11-,18-,19-,30+,33+/m0/s1. The number of hydrogen-bond acceptors (Lipinski definition) is 13. The largest absolute Gasteiger partial charge is 0.507 e. The van der Waals surface area contributed by atoms with Crippen LogP contribution in [0.2, 0.25) is 0 Å². The van der Waals surface area contributed by atoms with Crippen molar-refractivity contribution in [2.45, 2.75) is 63.3 Å². The molecule has 46 heavy (non-hydrogen) atoms. The number of Topliss-reactive ketones (excluding diaryl/α,β-unsaturated/α-hetero) is 4. The lowest BCUT2D eigenvalue weighted by Gasteiger charge is -2.37. The van der Waals surface area contributed by atoms with Crippen LogP contribution in [0.15, 0.2) is 46.6 Å². The zero-order chi connectivity index (χ0) is 32.9. The Labute approximate surface area is 260 Å². The number of methoxy groups -OCH3 is 1. The second-order valence-corrected chi connectivity index (χ2v) is 11.8. The van der Waals surface area contributed by atoms with Crippen LogP contribution in [0, 0.1) is 0 Å². The van der Waals surface area contributed by atoms with Gasteiger partial charge in [-0.2, -0.15) is 0 Å². The highest BCUT2D eigenvalue weighted by molar-refractivity contribution is 6.30. The molecule has 236 valence electrons. The fourth-order valence-corrected chi connectivity index (χ4v) is 7.08. The maximum Gasteiger partial charge on any atom is 0.309 e. The number of rotatable bonds is 3. The van der Waals surface area contributed by atoms with Crippen LogP contribution in [-0.2, 0) is 28.5 Å². The van der Waals surface area contributed by atoms with Crippen molar-refractivity contribution in [1.29, 1.82) is 0 Å². The van der Waals surface area contributed by atoms with Gasteiger partial charge in [-0.15, -0.1) is 0 Å². The fourth-order valence-electron chi connectivity index (χ4n) is 7.08. The highest BCUT2D eigenvalue weighted by atomic mass is 16.6. The molecule has 2 aromatic carbocycles. The van der Waals surface area contributed by atoms with Crippen LogP contribution in [0.3, 0.4) is 0 Å². The Morgan fingerprint density at radius 3 is 1.87 bits per heavy atom. The minimum absolute atomic E-state index is 0.00822. The quantitative estimate of drug-likeness (QED) is 0.416. The topological polar surface area (TPSA) is 200 Å². The maximum absolute atomic E-state index is 13.8.